The van der Waals surface area contributed by atoms with Crippen LogP contribution in [0.2, 0.25) is 0 Å². The average Bonchev–Trinajstić information content (AvgIpc) is 3.84. The largest absolute Gasteiger partial charge is 0.370 e. The number of nitrogens with one attached hydrogen (secondary N) is 7. The molecule has 2 aliphatic heterocycles. The van der Waals surface area contributed by atoms with E-state index < -0.39 is 133 Å². The van der Waals surface area contributed by atoms with Crippen LogP contribution in [0.25, 0.3) is 0 Å². The van der Waals surface area contributed by atoms with Gasteiger partial charge >= 0.3 is 0 Å². The fraction of sp³-hybridized carbons (Fsp3) is 0.489. The van der Waals surface area contributed by atoms with E-state index in [1.807, 2.05) is 0 Å². The van der Waals surface area contributed by atoms with Crippen molar-refractivity contribution in [1.82, 2.24) is 47.1 Å². The van der Waals surface area contributed by atoms with Crippen LogP contribution in [0.5, 0.6) is 0 Å². The highest BCUT2D eigenvalue weighted by Crippen LogP contribution is 2.26. The molecule has 2 aliphatic rings. The van der Waals surface area contributed by atoms with E-state index in [4.69, 9.17) is 28.7 Å². The van der Waals surface area contributed by atoms with Crippen molar-refractivity contribution < 1.29 is 52.7 Å². The molecule has 2 fully saturated rings. The Morgan fingerprint density at radius 3 is 2.05 bits per heavy atom. The molecule has 0 bridgehead atoms. The van der Waals surface area contributed by atoms with Crippen molar-refractivity contribution in [3.63, 3.8) is 0 Å². The molecule has 0 spiro atoms. The number of carbonyl (C=O) groups is 11. The SMILES string of the molecule is NC(=O)CC[C@@H]1NC(=O)[C@H](Cc2ccccc2)NC(=O)[C@@H](Cc2cccnc2)NC(=O)CCSSC[C@@H](C(=O)N2CCC[C@H]2C(=O)N[C@@H](CCCN=C(N)N)C(=O)NCC(N)=O)NC(=O)[C@H](CC(N)=O)NC1=O. The van der Waals surface area contributed by atoms with E-state index >= 15 is 0 Å². The summed E-state index contributed by atoms with van der Waals surface area (Å²) in [5.41, 5.74) is 28.2. The lowest BCUT2D eigenvalue weighted by atomic mass is 10.0. The van der Waals surface area contributed by atoms with E-state index in [2.05, 4.69) is 47.2 Å². The first-order chi connectivity index (χ1) is 34.8. The van der Waals surface area contributed by atoms with Crippen molar-refractivity contribution in [3.05, 3.63) is 66.0 Å². The minimum absolute atomic E-state index is 0.0189. The number of guanidine groups is 1. The summed E-state index contributed by atoms with van der Waals surface area (Å²) >= 11 is 0. The quantitative estimate of drug-likeness (QED) is 0.0272. The van der Waals surface area contributed by atoms with Gasteiger partial charge in [-0.1, -0.05) is 58.0 Å². The van der Waals surface area contributed by atoms with E-state index in [9.17, 15) is 52.7 Å². The predicted molar refractivity (Wildman–Crippen MR) is 268 cm³/mol. The zero-order valence-corrected chi connectivity index (χ0v) is 41.5. The van der Waals surface area contributed by atoms with Crippen LogP contribution in [-0.4, -0.2) is 154 Å². The molecule has 11 amide bonds. The zero-order valence-electron chi connectivity index (χ0n) is 39.9. The van der Waals surface area contributed by atoms with Crippen LogP contribution in [-0.2, 0) is 65.6 Å². The minimum Gasteiger partial charge on any atom is -0.370 e. The first-order valence-corrected chi connectivity index (χ1v) is 25.8. The van der Waals surface area contributed by atoms with Crippen LogP contribution in [0.15, 0.2) is 59.9 Å². The van der Waals surface area contributed by atoms with Gasteiger partial charge in [-0.2, -0.15) is 0 Å². The van der Waals surface area contributed by atoms with Gasteiger partial charge in [0, 0.05) is 62.7 Å². The third kappa shape index (κ3) is 20.3. The molecule has 4 rings (SSSR count). The number of aromatic nitrogens is 1. The molecule has 17 N–H and O–H groups in total. The molecule has 1 aromatic carbocycles. The number of aliphatic imine (C=N–C) groups is 1. The zero-order chi connectivity index (χ0) is 53.5. The molecule has 28 heteroatoms. The second kappa shape index (κ2) is 29.8. The molecule has 396 valence electrons. The Bertz CT molecular complexity index is 2330. The van der Waals surface area contributed by atoms with Crippen molar-refractivity contribution in [2.75, 3.05) is 31.1 Å². The Labute approximate surface area is 428 Å². The van der Waals surface area contributed by atoms with Crippen molar-refractivity contribution in [1.29, 1.82) is 0 Å². The van der Waals surface area contributed by atoms with Crippen LogP contribution < -0.4 is 65.9 Å². The second-order valence-electron chi connectivity index (χ2n) is 17.0. The van der Waals surface area contributed by atoms with E-state index in [1.165, 1.54) is 17.3 Å². The number of nitrogens with zero attached hydrogens (tertiary/aromatic N) is 3. The first kappa shape index (κ1) is 58.1. The molecule has 7 atom stereocenters. The number of pyridine rings is 1. The van der Waals surface area contributed by atoms with Crippen molar-refractivity contribution >= 4 is 92.5 Å². The fourth-order valence-corrected chi connectivity index (χ4v) is 9.81. The molecule has 26 nitrogen and oxygen atoms in total. The number of likely N-dealkylation sites (tertiary alicyclic amines) is 1. The lowest BCUT2D eigenvalue weighted by Crippen LogP contribution is -2.61. The number of rotatable bonds is 19. The number of primary amides is 3. The molecule has 2 saturated heterocycles. The lowest BCUT2D eigenvalue weighted by Gasteiger charge is -2.31. The highest BCUT2D eigenvalue weighted by atomic mass is 33.1. The Kier molecular flexibility index (Phi) is 23.7. The first-order valence-electron chi connectivity index (χ1n) is 23.3. The van der Waals surface area contributed by atoms with Gasteiger partial charge in [-0.3, -0.25) is 62.7 Å². The van der Waals surface area contributed by atoms with Gasteiger partial charge in [0.05, 0.1) is 13.0 Å². The van der Waals surface area contributed by atoms with Crippen molar-refractivity contribution in [2.24, 2.45) is 33.7 Å². The molecule has 0 aliphatic carbocycles. The number of hydrogen-bond donors (Lipinski definition) is 12. The van der Waals surface area contributed by atoms with Crippen LogP contribution >= 0.6 is 21.6 Å². The molecular weight excluding hydrogens is 991 g/mol. The van der Waals surface area contributed by atoms with Crippen molar-refractivity contribution in [3.8, 4) is 0 Å². The summed E-state index contributed by atoms with van der Waals surface area (Å²) in [6.45, 7) is -0.383. The molecule has 3 heterocycles. The van der Waals surface area contributed by atoms with Crippen LogP contribution in [0.3, 0.4) is 0 Å². The highest BCUT2D eigenvalue weighted by Gasteiger charge is 2.40. The van der Waals surface area contributed by atoms with Gasteiger partial charge in [0.1, 0.15) is 42.3 Å². The van der Waals surface area contributed by atoms with Gasteiger partial charge in [-0.05, 0) is 49.3 Å². The summed E-state index contributed by atoms with van der Waals surface area (Å²) in [7, 11) is 2.22. The van der Waals surface area contributed by atoms with Crippen LogP contribution in [0.1, 0.15) is 62.5 Å². The normalized spacial score (nSPS) is 21.9. The number of benzene rings is 1. The molecule has 2 aromatic rings. The van der Waals surface area contributed by atoms with E-state index in [0.717, 1.165) is 21.6 Å². The minimum atomic E-state index is -1.76. The Hall–Kier alpha value is -7.49. The molecule has 0 saturated carbocycles. The maximum absolute atomic E-state index is 14.6. The van der Waals surface area contributed by atoms with Gasteiger partial charge in [-0.15, -0.1) is 0 Å². The highest BCUT2D eigenvalue weighted by molar-refractivity contribution is 8.76. The fourth-order valence-electron chi connectivity index (χ4n) is 7.67. The van der Waals surface area contributed by atoms with Crippen LogP contribution in [0, 0.1) is 0 Å². The van der Waals surface area contributed by atoms with Gasteiger partial charge in [0.2, 0.25) is 65.0 Å². The maximum Gasteiger partial charge on any atom is 0.246 e. The average molecular weight is 1050 g/mol. The van der Waals surface area contributed by atoms with E-state index in [1.54, 1.807) is 42.5 Å². The Morgan fingerprint density at radius 2 is 1.40 bits per heavy atom. The summed E-state index contributed by atoms with van der Waals surface area (Å²) < 4.78 is 0. The molecule has 1 aromatic heterocycles. The number of nitrogens with two attached hydrogens (primary N) is 5. The summed E-state index contributed by atoms with van der Waals surface area (Å²) in [4.78, 5) is 157. The Morgan fingerprint density at radius 1 is 0.753 bits per heavy atom. The summed E-state index contributed by atoms with van der Waals surface area (Å²) in [5, 5.41) is 18.0. The standard InChI is InChI=1S/C45H63N15O11S2/c46-34(61)13-12-28-39(66)58-31(21-35(47)62)42(69)59-32(44(71)60-17-6-11-33(60)43(70)56-27(10-5-16-52-45(49)50)38(65)53-23-36(48)63)24-73-72-18-14-37(64)54-29(20-26-9-4-15-51-22-26)40(67)57-30(41(68)55-28)19-25-7-2-1-3-8-25/h1-4,7-9,15,22,27-33H,5-6,10-14,16-21,23-24H2,(H2,46,61)(H2,47,62)(H2,48,63)(H,53,65)(H,54,64)(H,55,68)(H,56,70)(H,57,67)(H,58,66)(H,59,69)(H4,49,50,52)/t27-,28-,29+,30-,31-,32-,33-/m0/s1. The van der Waals surface area contributed by atoms with Crippen molar-refractivity contribution in [2.45, 2.75) is 107 Å². The third-order valence-electron chi connectivity index (χ3n) is 11.3. The van der Waals surface area contributed by atoms with Gasteiger partial charge in [-0.25, -0.2) is 0 Å². The molecular formula is C45H63N15O11S2. The van der Waals surface area contributed by atoms with E-state index in [0.29, 0.717) is 17.5 Å². The lowest BCUT2D eigenvalue weighted by molar-refractivity contribution is -0.142. The number of amides is 11. The third-order valence-corrected chi connectivity index (χ3v) is 13.7. The predicted octanol–water partition coefficient (Wildman–Crippen LogP) is -4.65. The van der Waals surface area contributed by atoms with Gasteiger partial charge in [0.25, 0.3) is 0 Å². The summed E-state index contributed by atoms with van der Waals surface area (Å²) in [5.74, 6) is -9.52. The molecule has 73 heavy (non-hydrogen) atoms. The van der Waals surface area contributed by atoms with E-state index in [-0.39, 0.29) is 69.1 Å². The summed E-state index contributed by atoms with van der Waals surface area (Å²) in [6.07, 6.45) is 1.87. The number of carbonyl (C=O) groups excluding carboxylic acids is 11. The Balaban J connectivity index is 1.68. The second-order valence-corrected chi connectivity index (χ2v) is 19.7. The van der Waals surface area contributed by atoms with Gasteiger partial charge < -0.3 is 70.8 Å². The smallest absolute Gasteiger partial charge is 0.246 e. The monoisotopic (exact) mass is 1050 g/mol. The number of hydrogen-bond acceptors (Lipinski definition) is 15. The van der Waals surface area contributed by atoms with Crippen LogP contribution in [0.4, 0.5) is 0 Å². The summed E-state index contributed by atoms with van der Waals surface area (Å²) in [6, 6.07) is 2.15. The maximum atomic E-state index is 14.6. The topological polar surface area (TPSA) is 431 Å². The van der Waals surface area contributed by atoms with Gasteiger partial charge in [0.15, 0.2) is 5.96 Å². The molecule has 0 unspecified atom stereocenters. The molecule has 0 radical (unpaired) electrons.